The van der Waals surface area contributed by atoms with Crippen molar-refractivity contribution in [2.75, 3.05) is 5.32 Å². The van der Waals surface area contributed by atoms with Crippen molar-refractivity contribution in [3.05, 3.63) is 59.1 Å². The van der Waals surface area contributed by atoms with Gasteiger partial charge in [0.05, 0.1) is 16.3 Å². The number of halogens is 4. The normalized spacial score (nSPS) is 10.3. The minimum atomic E-state index is -0.226. The van der Waals surface area contributed by atoms with Crippen LogP contribution >= 0.6 is 68.4 Å². The number of carbonyl (C=O) groups excluding carboxylic acids is 1. The lowest BCUT2D eigenvalue weighted by molar-refractivity contribution is 0.102. The second-order valence-corrected chi connectivity index (χ2v) is 6.95. The number of benzene rings is 2. The van der Waals surface area contributed by atoms with Crippen molar-refractivity contribution < 1.29 is 4.79 Å². The molecule has 98 valence electrons. The minimum absolute atomic E-state index is 0.226. The predicted molar refractivity (Wildman–Crippen MR) is 96.3 cm³/mol. The Balaban J connectivity index is 2.30. The van der Waals surface area contributed by atoms with E-state index in [4.69, 9.17) is 23.2 Å². The first kappa shape index (κ1) is 15.3. The van der Waals surface area contributed by atoms with E-state index < -0.39 is 0 Å². The molecular formula is C13H7Cl2I2NO. The van der Waals surface area contributed by atoms with E-state index in [1.165, 1.54) is 0 Å². The summed E-state index contributed by atoms with van der Waals surface area (Å²) in [5.74, 6) is -0.226. The van der Waals surface area contributed by atoms with E-state index >= 15 is 0 Å². The summed E-state index contributed by atoms with van der Waals surface area (Å²) >= 11 is 16.2. The summed E-state index contributed by atoms with van der Waals surface area (Å²) in [6.45, 7) is 0. The maximum absolute atomic E-state index is 12.2. The highest BCUT2D eigenvalue weighted by Gasteiger charge is 2.12. The topological polar surface area (TPSA) is 29.1 Å². The third-order valence-corrected chi connectivity index (χ3v) is 4.53. The van der Waals surface area contributed by atoms with E-state index in [1.807, 2.05) is 12.1 Å². The van der Waals surface area contributed by atoms with Crippen LogP contribution in [0.15, 0.2) is 36.4 Å². The molecule has 0 unspecified atom stereocenters. The Labute approximate surface area is 148 Å². The van der Waals surface area contributed by atoms with Gasteiger partial charge in [-0.25, -0.2) is 0 Å². The molecule has 2 rings (SSSR count). The van der Waals surface area contributed by atoms with Gasteiger partial charge in [-0.2, -0.15) is 0 Å². The molecule has 0 saturated carbocycles. The smallest absolute Gasteiger partial charge is 0.256 e. The lowest BCUT2D eigenvalue weighted by Crippen LogP contribution is -2.13. The van der Waals surface area contributed by atoms with Crippen molar-refractivity contribution in [1.82, 2.24) is 0 Å². The quantitative estimate of drug-likeness (QED) is 0.527. The van der Waals surface area contributed by atoms with Crippen LogP contribution in [0.5, 0.6) is 0 Å². The highest BCUT2D eigenvalue weighted by atomic mass is 127. The largest absolute Gasteiger partial charge is 0.321 e. The SMILES string of the molecule is O=C(Nc1cc(I)ccc1Cl)c1cc(Cl)ccc1I. The van der Waals surface area contributed by atoms with Crippen molar-refractivity contribution in [3.8, 4) is 0 Å². The molecule has 0 aliphatic rings. The zero-order chi connectivity index (χ0) is 14.0. The average molecular weight is 518 g/mol. The molecule has 0 spiro atoms. The van der Waals surface area contributed by atoms with Gasteiger partial charge in [0.1, 0.15) is 0 Å². The van der Waals surface area contributed by atoms with E-state index in [0.29, 0.717) is 21.3 Å². The molecule has 0 radical (unpaired) electrons. The summed E-state index contributed by atoms with van der Waals surface area (Å²) in [5, 5.41) is 3.83. The Morgan fingerprint density at radius 3 is 2.53 bits per heavy atom. The zero-order valence-corrected chi connectivity index (χ0v) is 15.2. The van der Waals surface area contributed by atoms with Crippen LogP contribution in [0.4, 0.5) is 5.69 Å². The summed E-state index contributed by atoms with van der Waals surface area (Å²) in [6.07, 6.45) is 0. The number of anilines is 1. The number of hydrogen-bond donors (Lipinski definition) is 1. The van der Waals surface area contributed by atoms with E-state index in [1.54, 1.807) is 24.3 Å². The molecule has 0 atom stereocenters. The molecule has 0 bridgehead atoms. The Morgan fingerprint density at radius 2 is 1.79 bits per heavy atom. The Morgan fingerprint density at radius 1 is 1.05 bits per heavy atom. The van der Waals surface area contributed by atoms with Crippen LogP contribution in [0.25, 0.3) is 0 Å². The maximum Gasteiger partial charge on any atom is 0.256 e. The molecule has 0 aliphatic carbocycles. The molecule has 0 heterocycles. The number of nitrogens with one attached hydrogen (secondary N) is 1. The molecule has 0 fully saturated rings. The van der Waals surface area contributed by atoms with Crippen LogP contribution in [-0.4, -0.2) is 5.91 Å². The molecule has 2 aromatic rings. The van der Waals surface area contributed by atoms with E-state index in [9.17, 15) is 4.79 Å². The van der Waals surface area contributed by atoms with Crippen molar-refractivity contribution in [3.63, 3.8) is 0 Å². The lowest BCUT2D eigenvalue weighted by Gasteiger charge is -2.09. The fourth-order valence-electron chi connectivity index (χ4n) is 1.45. The van der Waals surface area contributed by atoms with E-state index in [0.717, 1.165) is 7.14 Å². The van der Waals surface area contributed by atoms with Gasteiger partial charge in [0, 0.05) is 12.2 Å². The Hall–Kier alpha value is -0.0500. The monoisotopic (exact) mass is 517 g/mol. The van der Waals surface area contributed by atoms with Crippen molar-refractivity contribution >= 4 is 80.0 Å². The van der Waals surface area contributed by atoms with Crippen LogP contribution in [-0.2, 0) is 0 Å². The van der Waals surface area contributed by atoms with Crippen molar-refractivity contribution in [2.45, 2.75) is 0 Å². The first-order valence-corrected chi connectivity index (χ1v) is 8.10. The van der Waals surface area contributed by atoms with Crippen molar-refractivity contribution in [2.24, 2.45) is 0 Å². The standard InChI is InChI=1S/C13H7Cl2I2NO/c14-7-1-4-11(17)9(5-7)13(19)18-12-6-8(16)2-3-10(12)15/h1-6H,(H,18,19). The van der Waals surface area contributed by atoms with Gasteiger partial charge < -0.3 is 5.32 Å². The molecular weight excluding hydrogens is 511 g/mol. The lowest BCUT2D eigenvalue weighted by atomic mass is 10.2. The van der Waals surface area contributed by atoms with E-state index in [2.05, 4.69) is 50.5 Å². The summed E-state index contributed by atoms with van der Waals surface area (Å²) in [5.41, 5.74) is 1.12. The van der Waals surface area contributed by atoms with Crippen LogP contribution in [0, 0.1) is 7.14 Å². The van der Waals surface area contributed by atoms with Gasteiger partial charge in [-0.15, -0.1) is 0 Å². The van der Waals surface area contributed by atoms with Crippen molar-refractivity contribution in [1.29, 1.82) is 0 Å². The van der Waals surface area contributed by atoms with Gasteiger partial charge in [-0.05, 0) is 81.6 Å². The first-order valence-electron chi connectivity index (χ1n) is 5.19. The van der Waals surface area contributed by atoms with Crippen LogP contribution in [0.3, 0.4) is 0 Å². The molecule has 2 aromatic carbocycles. The summed E-state index contributed by atoms with van der Waals surface area (Å²) in [7, 11) is 0. The molecule has 0 saturated heterocycles. The third-order valence-electron chi connectivity index (χ3n) is 2.35. The molecule has 1 N–H and O–H groups in total. The summed E-state index contributed by atoms with van der Waals surface area (Å²) in [6, 6.07) is 10.6. The molecule has 6 heteroatoms. The second kappa shape index (κ2) is 6.60. The van der Waals surface area contributed by atoms with Crippen LogP contribution < -0.4 is 5.32 Å². The number of amides is 1. The maximum atomic E-state index is 12.2. The number of carbonyl (C=O) groups is 1. The molecule has 0 aromatic heterocycles. The molecule has 19 heavy (non-hydrogen) atoms. The fourth-order valence-corrected chi connectivity index (χ4v) is 2.86. The zero-order valence-electron chi connectivity index (χ0n) is 9.38. The Kier molecular flexibility index (Phi) is 5.33. The van der Waals surface area contributed by atoms with Crippen LogP contribution in [0.1, 0.15) is 10.4 Å². The molecule has 2 nitrogen and oxygen atoms in total. The minimum Gasteiger partial charge on any atom is -0.321 e. The highest BCUT2D eigenvalue weighted by Crippen LogP contribution is 2.25. The van der Waals surface area contributed by atoms with Gasteiger partial charge >= 0.3 is 0 Å². The number of hydrogen-bond acceptors (Lipinski definition) is 1. The molecule has 1 amide bonds. The van der Waals surface area contributed by atoms with Gasteiger partial charge in [0.25, 0.3) is 5.91 Å². The highest BCUT2D eigenvalue weighted by molar-refractivity contribution is 14.1. The first-order chi connectivity index (χ1) is 8.97. The third kappa shape index (κ3) is 3.96. The summed E-state index contributed by atoms with van der Waals surface area (Å²) < 4.78 is 1.83. The van der Waals surface area contributed by atoms with Gasteiger partial charge in [-0.3, -0.25) is 4.79 Å². The number of rotatable bonds is 2. The van der Waals surface area contributed by atoms with Gasteiger partial charge in [0.15, 0.2) is 0 Å². The van der Waals surface area contributed by atoms with Gasteiger partial charge in [0.2, 0.25) is 0 Å². The Bertz CT molecular complexity index is 647. The average Bonchev–Trinajstić information content (AvgIpc) is 2.36. The molecule has 0 aliphatic heterocycles. The van der Waals surface area contributed by atoms with E-state index in [-0.39, 0.29) is 5.91 Å². The second-order valence-electron chi connectivity index (χ2n) is 3.70. The fraction of sp³-hybridized carbons (Fsp3) is 0. The van der Waals surface area contributed by atoms with Gasteiger partial charge in [-0.1, -0.05) is 23.2 Å². The van der Waals surface area contributed by atoms with Crippen LogP contribution in [0.2, 0.25) is 10.0 Å². The summed E-state index contributed by atoms with van der Waals surface area (Å²) in [4.78, 5) is 12.2. The predicted octanol–water partition coefficient (Wildman–Crippen LogP) is 5.45.